The summed E-state index contributed by atoms with van der Waals surface area (Å²) >= 11 is 7.42. The minimum atomic E-state index is -3.93. The summed E-state index contributed by atoms with van der Waals surface area (Å²) in [4.78, 5) is 11.7. The van der Waals surface area contributed by atoms with E-state index in [1.165, 1.54) is 30.0 Å². The molecule has 0 amide bonds. The molecule has 0 aliphatic carbocycles. The number of nitro groups is 1. The Morgan fingerprint density at radius 3 is 2.26 bits per heavy atom. The number of hydrogen-bond acceptors (Lipinski definition) is 5. The second kappa shape index (κ2) is 7.99. The van der Waals surface area contributed by atoms with Gasteiger partial charge in [-0.15, -0.1) is 0 Å². The number of benzene rings is 3. The third-order valence-electron chi connectivity index (χ3n) is 3.51. The van der Waals surface area contributed by atoms with Crippen molar-refractivity contribution in [3.8, 4) is 0 Å². The lowest BCUT2D eigenvalue weighted by Gasteiger charge is -2.13. The van der Waals surface area contributed by atoms with Gasteiger partial charge in [0.1, 0.15) is 0 Å². The molecule has 0 unspecified atom stereocenters. The van der Waals surface area contributed by atoms with Crippen LogP contribution in [0.2, 0.25) is 5.02 Å². The topological polar surface area (TPSA) is 89.3 Å². The van der Waals surface area contributed by atoms with E-state index in [1.54, 1.807) is 12.1 Å². The van der Waals surface area contributed by atoms with Gasteiger partial charge in [-0.05, 0) is 42.5 Å². The molecule has 138 valence electrons. The number of hydrogen-bond donors (Lipinski definition) is 1. The molecule has 0 fully saturated rings. The molecule has 0 spiro atoms. The van der Waals surface area contributed by atoms with Crippen molar-refractivity contribution < 1.29 is 13.3 Å². The Balaban J connectivity index is 1.91. The number of non-ortho nitro benzene ring substituents is 1. The number of sulfonamides is 1. The van der Waals surface area contributed by atoms with Gasteiger partial charge in [-0.2, -0.15) is 0 Å². The zero-order valence-electron chi connectivity index (χ0n) is 13.7. The first-order valence-electron chi connectivity index (χ1n) is 7.65. The molecule has 0 heterocycles. The first-order valence-corrected chi connectivity index (χ1v) is 10.3. The van der Waals surface area contributed by atoms with Crippen LogP contribution in [0.3, 0.4) is 0 Å². The summed E-state index contributed by atoms with van der Waals surface area (Å²) in [6.07, 6.45) is 0. The molecule has 0 bridgehead atoms. The van der Waals surface area contributed by atoms with E-state index in [0.717, 1.165) is 17.0 Å². The molecule has 27 heavy (non-hydrogen) atoms. The van der Waals surface area contributed by atoms with Crippen LogP contribution < -0.4 is 4.72 Å². The van der Waals surface area contributed by atoms with Gasteiger partial charge < -0.3 is 0 Å². The molecule has 0 aliphatic heterocycles. The Morgan fingerprint density at radius 2 is 1.63 bits per heavy atom. The number of nitrogens with one attached hydrogen (secondary N) is 1. The van der Waals surface area contributed by atoms with E-state index in [4.69, 9.17) is 11.6 Å². The van der Waals surface area contributed by atoms with Crippen LogP contribution in [0.25, 0.3) is 0 Å². The average Bonchev–Trinajstić information content (AvgIpc) is 2.64. The van der Waals surface area contributed by atoms with Crippen LogP contribution in [0.4, 0.5) is 11.4 Å². The standard InChI is InChI=1S/C18H13ClN2O4S2/c19-13-6-11-18(26-15-4-2-1-3-5-15)17(12-13)20-27(24,25)16-9-7-14(8-10-16)21(22)23/h1-12,20H. The lowest BCUT2D eigenvalue weighted by Crippen LogP contribution is -2.13. The van der Waals surface area contributed by atoms with Gasteiger partial charge in [0.25, 0.3) is 15.7 Å². The molecule has 6 nitrogen and oxygen atoms in total. The first kappa shape index (κ1) is 19.2. The second-order valence-electron chi connectivity index (χ2n) is 5.41. The van der Waals surface area contributed by atoms with E-state index in [0.29, 0.717) is 15.6 Å². The van der Waals surface area contributed by atoms with Crippen LogP contribution in [-0.4, -0.2) is 13.3 Å². The molecule has 0 atom stereocenters. The van der Waals surface area contributed by atoms with Crippen molar-refractivity contribution in [3.05, 3.63) is 87.9 Å². The highest BCUT2D eigenvalue weighted by molar-refractivity contribution is 7.99. The minimum Gasteiger partial charge on any atom is -0.278 e. The minimum absolute atomic E-state index is 0.0799. The fourth-order valence-electron chi connectivity index (χ4n) is 2.24. The molecule has 0 aromatic heterocycles. The van der Waals surface area contributed by atoms with Crippen molar-refractivity contribution in [1.29, 1.82) is 0 Å². The van der Waals surface area contributed by atoms with Gasteiger partial charge in [0.15, 0.2) is 0 Å². The highest BCUT2D eigenvalue weighted by Gasteiger charge is 2.18. The van der Waals surface area contributed by atoms with Crippen LogP contribution in [-0.2, 0) is 10.0 Å². The van der Waals surface area contributed by atoms with E-state index in [-0.39, 0.29) is 10.6 Å². The third kappa shape index (κ3) is 4.79. The predicted molar refractivity (Wildman–Crippen MR) is 106 cm³/mol. The van der Waals surface area contributed by atoms with Gasteiger partial charge in [-0.3, -0.25) is 14.8 Å². The molecule has 0 radical (unpaired) electrons. The van der Waals surface area contributed by atoms with Crippen molar-refractivity contribution in [2.24, 2.45) is 0 Å². The zero-order chi connectivity index (χ0) is 19.4. The van der Waals surface area contributed by atoms with E-state index in [9.17, 15) is 18.5 Å². The third-order valence-corrected chi connectivity index (χ3v) is 6.22. The van der Waals surface area contributed by atoms with Gasteiger partial charge in [0, 0.05) is 26.9 Å². The van der Waals surface area contributed by atoms with Crippen molar-refractivity contribution in [2.75, 3.05) is 4.72 Å². The maximum Gasteiger partial charge on any atom is 0.269 e. The summed E-state index contributed by atoms with van der Waals surface area (Å²) in [5.41, 5.74) is 0.145. The highest BCUT2D eigenvalue weighted by Crippen LogP contribution is 2.36. The Hall–Kier alpha value is -2.55. The van der Waals surface area contributed by atoms with Gasteiger partial charge >= 0.3 is 0 Å². The molecular weight excluding hydrogens is 408 g/mol. The molecule has 9 heteroatoms. The second-order valence-corrected chi connectivity index (χ2v) is 8.65. The predicted octanol–water partition coefficient (Wildman–Crippen LogP) is 5.20. The average molecular weight is 421 g/mol. The van der Waals surface area contributed by atoms with E-state index in [1.807, 2.05) is 30.3 Å². The van der Waals surface area contributed by atoms with Crippen molar-refractivity contribution >= 4 is 44.8 Å². The molecule has 0 saturated heterocycles. The molecule has 3 aromatic rings. The van der Waals surface area contributed by atoms with Crippen LogP contribution in [0, 0.1) is 10.1 Å². The summed E-state index contributed by atoms with van der Waals surface area (Å²) in [5, 5.41) is 11.1. The largest absolute Gasteiger partial charge is 0.278 e. The quantitative estimate of drug-likeness (QED) is 0.437. The molecule has 3 aromatic carbocycles. The number of halogens is 1. The fourth-order valence-corrected chi connectivity index (χ4v) is 4.45. The maximum atomic E-state index is 12.7. The van der Waals surface area contributed by atoms with Crippen molar-refractivity contribution in [2.45, 2.75) is 14.7 Å². The molecule has 0 aliphatic rings. The molecule has 3 rings (SSSR count). The monoisotopic (exact) mass is 420 g/mol. The number of nitro benzene ring substituents is 1. The van der Waals surface area contributed by atoms with Gasteiger partial charge in [0.05, 0.1) is 15.5 Å². The smallest absolute Gasteiger partial charge is 0.269 e. The fraction of sp³-hybridized carbons (Fsp3) is 0. The summed E-state index contributed by atoms with van der Waals surface area (Å²) < 4.78 is 27.8. The number of anilines is 1. The lowest BCUT2D eigenvalue weighted by molar-refractivity contribution is -0.384. The van der Waals surface area contributed by atoms with Gasteiger partial charge in [0.2, 0.25) is 0 Å². The van der Waals surface area contributed by atoms with E-state index >= 15 is 0 Å². The molecule has 0 saturated carbocycles. The number of rotatable bonds is 6. The Kier molecular flexibility index (Phi) is 5.69. The van der Waals surface area contributed by atoms with Crippen LogP contribution in [0.15, 0.2) is 87.5 Å². The van der Waals surface area contributed by atoms with Gasteiger partial charge in [-0.25, -0.2) is 8.42 Å². The summed E-state index contributed by atoms with van der Waals surface area (Å²) in [6.45, 7) is 0. The maximum absolute atomic E-state index is 12.7. The van der Waals surface area contributed by atoms with Crippen LogP contribution in [0.5, 0.6) is 0 Å². The van der Waals surface area contributed by atoms with Crippen LogP contribution in [0.1, 0.15) is 0 Å². The van der Waals surface area contributed by atoms with E-state index in [2.05, 4.69) is 4.72 Å². The lowest BCUT2D eigenvalue weighted by atomic mass is 10.3. The summed E-state index contributed by atoms with van der Waals surface area (Å²) in [6, 6.07) is 19.1. The summed E-state index contributed by atoms with van der Waals surface area (Å²) in [7, 11) is -3.93. The Bertz CT molecular complexity index is 1070. The first-order chi connectivity index (χ1) is 12.8. The van der Waals surface area contributed by atoms with Crippen molar-refractivity contribution in [3.63, 3.8) is 0 Å². The number of nitrogens with zero attached hydrogens (tertiary/aromatic N) is 1. The highest BCUT2D eigenvalue weighted by atomic mass is 35.5. The van der Waals surface area contributed by atoms with Crippen LogP contribution >= 0.6 is 23.4 Å². The summed E-state index contributed by atoms with van der Waals surface area (Å²) in [5.74, 6) is 0. The molecular formula is C18H13ClN2O4S2. The molecule has 1 N–H and O–H groups in total. The zero-order valence-corrected chi connectivity index (χ0v) is 16.1. The van der Waals surface area contributed by atoms with Crippen molar-refractivity contribution in [1.82, 2.24) is 0 Å². The normalized spacial score (nSPS) is 11.1. The Labute approximate surface area is 165 Å². The Morgan fingerprint density at radius 1 is 0.963 bits per heavy atom. The SMILES string of the molecule is O=[N+]([O-])c1ccc(S(=O)(=O)Nc2cc(Cl)ccc2Sc2ccccc2)cc1. The van der Waals surface area contributed by atoms with E-state index < -0.39 is 14.9 Å². The van der Waals surface area contributed by atoms with Gasteiger partial charge in [-0.1, -0.05) is 41.6 Å².